The van der Waals surface area contributed by atoms with Crippen LogP contribution < -0.4 is 11.1 Å². The number of carbonyl (C=O) groups is 1. The number of nitrogens with one attached hydrogen (secondary N) is 1. The molecule has 0 spiro atoms. The fraction of sp³-hybridized carbons (Fsp3) is 0.861. The summed E-state index contributed by atoms with van der Waals surface area (Å²) < 4.78 is 22.0. The van der Waals surface area contributed by atoms with Crippen LogP contribution >= 0.6 is 7.82 Å². The normalized spacial score (nSPS) is 15.3. The second-order valence-corrected chi connectivity index (χ2v) is 14.1. The van der Waals surface area contributed by atoms with Gasteiger partial charge in [0.1, 0.15) is 0 Å². The first-order valence-electron chi connectivity index (χ1n) is 18.5. The fourth-order valence-electron chi connectivity index (χ4n) is 5.30. The summed E-state index contributed by atoms with van der Waals surface area (Å²) in [4.78, 5) is 22.6. The van der Waals surface area contributed by atoms with Crippen LogP contribution in [-0.2, 0) is 18.4 Å². The lowest BCUT2D eigenvalue weighted by atomic mass is 10.0. The number of hydrogen-bond donors (Lipinski definition) is 5. The molecule has 0 heterocycles. The van der Waals surface area contributed by atoms with Gasteiger partial charge in [0.15, 0.2) is 0 Å². The van der Waals surface area contributed by atoms with Gasteiger partial charge in [0.2, 0.25) is 5.91 Å². The Labute approximate surface area is 281 Å². The van der Waals surface area contributed by atoms with Crippen molar-refractivity contribution in [2.45, 2.75) is 180 Å². The van der Waals surface area contributed by atoms with Gasteiger partial charge in [-0.2, -0.15) is 0 Å². The Morgan fingerprint density at radius 2 is 1.28 bits per heavy atom. The zero-order valence-corrected chi connectivity index (χ0v) is 30.3. The summed E-state index contributed by atoms with van der Waals surface area (Å²) in [5.74, 6) is -0.482. The summed E-state index contributed by atoms with van der Waals surface area (Å²) in [6.07, 6.45) is 31.0. The van der Waals surface area contributed by atoms with Crippen molar-refractivity contribution in [3.63, 3.8) is 0 Å². The van der Waals surface area contributed by atoms with E-state index in [2.05, 4.69) is 31.3 Å². The van der Waals surface area contributed by atoms with Crippen LogP contribution in [0.4, 0.5) is 0 Å². The number of aliphatic hydroxyl groups is 2. The average molecular weight is 675 g/mol. The van der Waals surface area contributed by atoms with Crippen LogP contribution in [0.5, 0.6) is 0 Å². The first kappa shape index (κ1) is 44.9. The van der Waals surface area contributed by atoms with Crippen molar-refractivity contribution in [2.24, 2.45) is 5.73 Å². The molecular weight excluding hydrogens is 603 g/mol. The van der Waals surface area contributed by atoms with E-state index < -0.39 is 38.6 Å². The van der Waals surface area contributed by atoms with Crippen LogP contribution in [0.2, 0.25) is 0 Å². The Hall–Kier alpha value is -1.06. The van der Waals surface area contributed by atoms with E-state index >= 15 is 0 Å². The summed E-state index contributed by atoms with van der Waals surface area (Å²) in [6.45, 7) is 3.96. The van der Waals surface area contributed by atoms with Crippen LogP contribution in [-0.4, -0.2) is 59.0 Å². The molecular formula is C36H71N2O7P. The minimum atomic E-state index is -4.38. The van der Waals surface area contributed by atoms with Gasteiger partial charge < -0.3 is 26.2 Å². The standard InChI is InChI=1S/C36H71N2O7P/c1-3-5-7-9-11-13-15-16-18-20-22-24-26-28-35(40)34(32-45-46(42,43)44-30-29-37)38-36(41)31-33(39)27-25-23-21-19-17-14-12-10-8-6-4-2/h19,21,25,27,33-35,39-40H,3-18,20,22-24,26,28-32,37H2,1-2H3,(H,38,41)(H,42,43)/b21-19-,27-25-. The van der Waals surface area contributed by atoms with Gasteiger partial charge in [-0.25, -0.2) is 4.57 Å². The molecule has 272 valence electrons. The molecule has 0 aromatic rings. The van der Waals surface area contributed by atoms with E-state index in [1.165, 1.54) is 103 Å². The molecule has 4 atom stereocenters. The van der Waals surface area contributed by atoms with E-state index in [1.54, 1.807) is 6.08 Å². The molecule has 1 amide bonds. The highest BCUT2D eigenvalue weighted by Crippen LogP contribution is 2.43. The molecule has 0 radical (unpaired) electrons. The molecule has 0 aromatic heterocycles. The first-order valence-corrected chi connectivity index (χ1v) is 20.0. The number of phosphoric ester groups is 1. The molecule has 6 N–H and O–H groups in total. The molecule has 0 aromatic carbocycles. The van der Waals surface area contributed by atoms with Crippen LogP contribution in [0.25, 0.3) is 0 Å². The molecule has 0 saturated carbocycles. The van der Waals surface area contributed by atoms with Gasteiger partial charge in [0.05, 0.1) is 37.9 Å². The lowest BCUT2D eigenvalue weighted by Crippen LogP contribution is -2.47. The van der Waals surface area contributed by atoms with Crippen molar-refractivity contribution >= 4 is 13.7 Å². The fourth-order valence-corrected chi connectivity index (χ4v) is 6.06. The highest BCUT2D eigenvalue weighted by Gasteiger charge is 2.28. The minimum Gasteiger partial charge on any atom is -0.391 e. The number of amides is 1. The topological polar surface area (TPSA) is 151 Å². The lowest BCUT2D eigenvalue weighted by molar-refractivity contribution is -0.124. The van der Waals surface area contributed by atoms with Gasteiger partial charge in [0.25, 0.3) is 0 Å². The zero-order valence-electron chi connectivity index (χ0n) is 29.4. The van der Waals surface area contributed by atoms with Gasteiger partial charge in [-0.3, -0.25) is 13.8 Å². The van der Waals surface area contributed by atoms with E-state index in [4.69, 9.17) is 14.8 Å². The van der Waals surface area contributed by atoms with E-state index in [0.29, 0.717) is 12.8 Å². The molecule has 0 aliphatic rings. The van der Waals surface area contributed by atoms with Crippen molar-refractivity contribution in [1.82, 2.24) is 5.32 Å². The van der Waals surface area contributed by atoms with Crippen LogP contribution in [0, 0.1) is 0 Å². The molecule has 0 saturated heterocycles. The predicted octanol–water partition coefficient (Wildman–Crippen LogP) is 8.41. The predicted molar refractivity (Wildman–Crippen MR) is 191 cm³/mol. The van der Waals surface area contributed by atoms with Crippen LogP contribution in [0.1, 0.15) is 162 Å². The summed E-state index contributed by atoms with van der Waals surface area (Å²) in [7, 11) is -4.38. The maximum atomic E-state index is 12.7. The van der Waals surface area contributed by atoms with Crippen molar-refractivity contribution in [3.8, 4) is 0 Å². The third-order valence-corrected chi connectivity index (χ3v) is 9.10. The number of unbranched alkanes of at least 4 members (excludes halogenated alkanes) is 18. The number of phosphoric acid groups is 1. The average Bonchev–Trinajstić information content (AvgIpc) is 3.03. The second-order valence-electron chi connectivity index (χ2n) is 12.6. The summed E-state index contributed by atoms with van der Waals surface area (Å²) in [5, 5.41) is 23.9. The largest absolute Gasteiger partial charge is 0.472 e. The lowest BCUT2D eigenvalue weighted by Gasteiger charge is -2.25. The Bertz CT molecular complexity index is 796. The molecule has 0 aliphatic heterocycles. The van der Waals surface area contributed by atoms with Gasteiger partial charge in [-0.05, 0) is 25.7 Å². The Kier molecular flexibility index (Phi) is 31.7. The first-order chi connectivity index (χ1) is 22.3. The number of rotatable bonds is 34. The van der Waals surface area contributed by atoms with Crippen molar-refractivity contribution < 1.29 is 33.5 Å². The van der Waals surface area contributed by atoms with E-state index in [-0.39, 0.29) is 19.6 Å². The quantitative estimate of drug-likeness (QED) is 0.0259. The molecule has 0 fully saturated rings. The highest BCUT2D eigenvalue weighted by molar-refractivity contribution is 7.47. The third kappa shape index (κ3) is 30.3. The van der Waals surface area contributed by atoms with Gasteiger partial charge in [-0.1, -0.05) is 154 Å². The SMILES string of the molecule is CCCCCCCC/C=C\C/C=C\C(O)CC(=O)NC(COP(=O)(O)OCCN)C(O)CCCCCCCCCCCCCCC. The maximum absolute atomic E-state index is 12.7. The second kappa shape index (κ2) is 32.5. The highest BCUT2D eigenvalue weighted by atomic mass is 31.2. The van der Waals surface area contributed by atoms with E-state index in [9.17, 15) is 24.5 Å². The van der Waals surface area contributed by atoms with E-state index in [1.807, 2.05) is 6.08 Å². The molecule has 0 rings (SSSR count). The molecule has 9 nitrogen and oxygen atoms in total. The van der Waals surface area contributed by atoms with Crippen molar-refractivity contribution in [2.75, 3.05) is 19.8 Å². The summed E-state index contributed by atoms with van der Waals surface area (Å²) in [5.41, 5.74) is 5.34. The molecule has 4 unspecified atom stereocenters. The van der Waals surface area contributed by atoms with Crippen molar-refractivity contribution in [1.29, 1.82) is 0 Å². The summed E-state index contributed by atoms with van der Waals surface area (Å²) >= 11 is 0. The number of aliphatic hydroxyl groups excluding tert-OH is 2. The zero-order chi connectivity index (χ0) is 34.1. The number of allylic oxidation sites excluding steroid dienone is 3. The monoisotopic (exact) mass is 674 g/mol. The molecule has 46 heavy (non-hydrogen) atoms. The van der Waals surface area contributed by atoms with Gasteiger partial charge in [0, 0.05) is 6.54 Å². The maximum Gasteiger partial charge on any atom is 0.472 e. The number of nitrogens with two attached hydrogens (primary N) is 1. The third-order valence-electron chi connectivity index (χ3n) is 8.12. The molecule has 0 bridgehead atoms. The van der Waals surface area contributed by atoms with Crippen LogP contribution in [0.3, 0.4) is 0 Å². The molecule has 0 aliphatic carbocycles. The van der Waals surface area contributed by atoms with Crippen LogP contribution in [0.15, 0.2) is 24.3 Å². The Morgan fingerprint density at radius 3 is 1.83 bits per heavy atom. The van der Waals surface area contributed by atoms with E-state index in [0.717, 1.165) is 25.7 Å². The van der Waals surface area contributed by atoms with Gasteiger partial charge >= 0.3 is 7.82 Å². The smallest absolute Gasteiger partial charge is 0.391 e. The van der Waals surface area contributed by atoms with Gasteiger partial charge in [-0.15, -0.1) is 0 Å². The number of hydrogen-bond acceptors (Lipinski definition) is 7. The Morgan fingerprint density at radius 1 is 0.761 bits per heavy atom. The number of carbonyl (C=O) groups excluding carboxylic acids is 1. The minimum absolute atomic E-state index is 0.0517. The Balaban J connectivity index is 4.50. The summed E-state index contributed by atoms with van der Waals surface area (Å²) in [6, 6.07) is -0.923. The van der Waals surface area contributed by atoms with Crippen molar-refractivity contribution in [3.05, 3.63) is 24.3 Å². The molecule has 10 heteroatoms.